The van der Waals surface area contributed by atoms with Crippen LogP contribution in [0.15, 0.2) is 67.0 Å². The van der Waals surface area contributed by atoms with Crippen LogP contribution in [-0.4, -0.2) is 65.0 Å². The number of hydrogen-bond acceptors (Lipinski definition) is 6. The zero-order valence-electron chi connectivity index (χ0n) is 19.5. The maximum absolute atomic E-state index is 13.1. The summed E-state index contributed by atoms with van der Waals surface area (Å²) >= 11 is 0. The fourth-order valence-electron chi connectivity index (χ4n) is 4.49. The van der Waals surface area contributed by atoms with Crippen molar-refractivity contribution in [3.8, 4) is 0 Å². The minimum Gasteiger partial charge on any atom is -0.478 e. The lowest BCUT2D eigenvalue weighted by atomic mass is 9.99. The van der Waals surface area contributed by atoms with Gasteiger partial charge < -0.3 is 20.6 Å². The Morgan fingerprint density at radius 2 is 1.89 bits per heavy atom. The Kier molecular flexibility index (Phi) is 6.31. The minimum atomic E-state index is -1.04. The molecule has 5 rings (SSSR count). The summed E-state index contributed by atoms with van der Waals surface area (Å²) in [6.07, 6.45) is 3.36. The van der Waals surface area contributed by atoms with Crippen LogP contribution in [0.5, 0.6) is 0 Å². The summed E-state index contributed by atoms with van der Waals surface area (Å²) in [6.45, 7) is 5.03. The monoisotopic (exact) mass is 469 g/mol. The molecule has 8 heteroatoms. The average molecular weight is 470 g/mol. The third-order valence-corrected chi connectivity index (χ3v) is 6.41. The number of carbonyl (C=O) groups is 2. The van der Waals surface area contributed by atoms with Crippen molar-refractivity contribution in [2.75, 3.05) is 43.9 Å². The first-order chi connectivity index (χ1) is 17.0. The molecule has 0 atom stereocenters. The Hall–Kier alpha value is -4.01. The largest absolute Gasteiger partial charge is 0.478 e. The minimum absolute atomic E-state index is 0.123. The van der Waals surface area contributed by atoms with Gasteiger partial charge in [-0.05, 0) is 55.1 Å². The number of aromatic carboxylic acids is 1. The summed E-state index contributed by atoms with van der Waals surface area (Å²) in [5, 5.41) is 15.8. The normalized spacial score (nSPS) is 17.6. The molecule has 3 N–H and O–H groups in total. The molecule has 0 aliphatic carbocycles. The zero-order valence-corrected chi connectivity index (χ0v) is 19.5. The number of anilines is 2. The molecule has 1 fully saturated rings. The molecule has 3 aromatic rings. The number of piperazine rings is 1. The van der Waals surface area contributed by atoms with Crippen molar-refractivity contribution in [2.45, 2.75) is 6.54 Å². The summed E-state index contributed by atoms with van der Waals surface area (Å²) in [6, 6.07) is 16.5. The second kappa shape index (κ2) is 9.69. The quantitative estimate of drug-likeness (QED) is 0.476. The van der Waals surface area contributed by atoms with Gasteiger partial charge in [-0.1, -0.05) is 12.1 Å². The van der Waals surface area contributed by atoms with E-state index in [1.807, 2.05) is 24.3 Å². The fourth-order valence-corrected chi connectivity index (χ4v) is 4.49. The van der Waals surface area contributed by atoms with E-state index >= 15 is 0 Å². The van der Waals surface area contributed by atoms with Crippen LogP contribution in [0.25, 0.3) is 11.3 Å². The van der Waals surface area contributed by atoms with Gasteiger partial charge in [0.2, 0.25) is 0 Å². The van der Waals surface area contributed by atoms with Crippen LogP contribution in [0.1, 0.15) is 27.0 Å². The number of amides is 1. The molecule has 0 bridgehead atoms. The molecule has 8 nitrogen and oxygen atoms in total. The highest BCUT2D eigenvalue weighted by Crippen LogP contribution is 2.38. The molecule has 1 amide bonds. The van der Waals surface area contributed by atoms with Crippen LogP contribution in [0.3, 0.4) is 0 Å². The highest BCUT2D eigenvalue weighted by molar-refractivity contribution is 6.37. The molecule has 2 aromatic carbocycles. The number of carboxylic acid groups (broad SMARTS) is 1. The molecule has 0 spiro atoms. The lowest BCUT2D eigenvalue weighted by Gasteiger charge is -2.32. The number of nitrogens with one attached hydrogen (secondary N) is 2. The molecular formula is C27H27N5O3. The summed E-state index contributed by atoms with van der Waals surface area (Å²) < 4.78 is 0. The number of hydrogen-bond donors (Lipinski definition) is 3. The highest BCUT2D eigenvalue weighted by Gasteiger charge is 2.29. The molecule has 0 saturated carbocycles. The molecule has 1 aromatic heterocycles. The van der Waals surface area contributed by atoms with Crippen molar-refractivity contribution in [3.63, 3.8) is 0 Å². The van der Waals surface area contributed by atoms with Gasteiger partial charge in [0.25, 0.3) is 5.91 Å². The van der Waals surface area contributed by atoms with Gasteiger partial charge in [-0.25, -0.2) is 4.79 Å². The number of carboxylic acids is 1. The molecule has 35 heavy (non-hydrogen) atoms. The van der Waals surface area contributed by atoms with E-state index in [0.29, 0.717) is 22.5 Å². The zero-order chi connectivity index (χ0) is 24.4. The molecule has 1 saturated heterocycles. The van der Waals surface area contributed by atoms with E-state index in [1.54, 1.807) is 18.5 Å². The van der Waals surface area contributed by atoms with E-state index in [-0.39, 0.29) is 11.5 Å². The van der Waals surface area contributed by atoms with Gasteiger partial charge in [-0.2, -0.15) is 0 Å². The first-order valence-corrected chi connectivity index (χ1v) is 11.6. The maximum Gasteiger partial charge on any atom is 0.335 e. The topological polar surface area (TPSA) is 97.8 Å². The van der Waals surface area contributed by atoms with Crippen LogP contribution in [0.2, 0.25) is 0 Å². The SMILES string of the molecule is CN1CCN(Cc2cccc(NC(=C3C(=O)Nc4ccc(C(=O)O)cc43)c3cccnc3)c2)CC1. The number of nitrogens with zero attached hydrogens (tertiary/aromatic N) is 3. The third kappa shape index (κ3) is 4.94. The molecule has 2 aliphatic rings. The molecular weight excluding hydrogens is 442 g/mol. The predicted octanol–water partition coefficient (Wildman–Crippen LogP) is 3.46. The van der Waals surface area contributed by atoms with Gasteiger partial charge in [0.1, 0.15) is 0 Å². The molecule has 0 radical (unpaired) electrons. The Morgan fingerprint density at radius 3 is 2.63 bits per heavy atom. The molecule has 0 unspecified atom stereocenters. The van der Waals surface area contributed by atoms with E-state index in [4.69, 9.17) is 0 Å². The van der Waals surface area contributed by atoms with E-state index in [1.165, 1.54) is 17.7 Å². The van der Waals surface area contributed by atoms with E-state index in [9.17, 15) is 14.7 Å². The summed E-state index contributed by atoms with van der Waals surface area (Å²) in [7, 11) is 2.14. The van der Waals surface area contributed by atoms with Crippen molar-refractivity contribution in [2.24, 2.45) is 0 Å². The van der Waals surface area contributed by atoms with Crippen molar-refractivity contribution in [3.05, 3.63) is 89.2 Å². The number of fused-ring (bicyclic) bond motifs is 1. The second-order valence-corrected chi connectivity index (χ2v) is 8.92. The summed E-state index contributed by atoms with van der Waals surface area (Å²) in [5.74, 6) is -1.33. The molecule has 2 aliphatic heterocycles. The van der Waals surface area contributed by atoms with Gasteiger partial charge in [-0.15, -0.1) is 0 Å². The Balaban J connectivity index is 1.52. The number of rotatable bonds is 6. The lowest BCUT2D eigenvalue weighted by Crippen LogP contribution is -2.43. The highest BCUT2D eigenvalue weighted by atomic mass is 16.4. The number of benzene rings is 2. The summed E-state index contributed by atoms with van der Waals surface area (Å²) in [5.41, 5.74) is 4.98. The van der Waals surface area contributed by atoms with Crippen molar-refractivity contribution >= 4 is 34.5 Å². The van der Waals surface area contributed by atoms with Crippen molar-refractivity contribution < 1.29 is 14.7 Å². The first-order valence-electron chi connectivity index (χ1n) is 11.6. The number of pyridine rings is 1. The smallest absolute Gasteiger partial charge is 0.335 e. The molecule has 178 valence electrons. The maximum atomic E-state index is 13.1. The van der Waals surface area contributed by atoms with E-state index in [0.717, 1.165) is 44.0 Å². The van der Waals surface area contributed by atoms with Crippen molar-refractivity contribution in [1.82, 2.24) is 14.8 Å². The number of aromatic nitrogens is 1. The van der Waals surface area contributed by atoms with Gasteiger partial charge >= 0.3 is 5.97 Å². The van der Waals surface area contributed by atoms with Crippen LogP contribution in [0, 0.1) is 0 Å². The second-order valence-electron chi connectivity index (χ2n) is 8.92. The van der Waals surface area contributed by atoms with Crippen LogP contribution in [0.4, 0.5) is 11.4 Å². The standard InChI is InChI=1S/C27H27N5O3/c1-31-10-12-32(13-11-31)17-18-4-2-6-21(14-18)29-25(20-5-3-9-28-16-20)24-22-15-19(27(34)35)7-8-23(22)30-26(24)33/h2-9,14-16,29H,10-13,17H2,1H3,(H,30,33)(H,34,35). The Morgan fingerprint density at radius 1 is 1.06 bits per heavy atom. The van der Waals surface area contributed by atoms with Gasteiger partial charge in [0, 0.05) is 67.6 Å². The predicted molar refractivity (Wildman–Crippen MR) is 136 cm³/mol. The van der Waals surface area contributed by atoms with Crippen molar-refractivity contribution in [1.29, 1.82) is 0 Å². The van der Waals surface area contributed by atoms with Crippen LogP contribution in [-0.2, 0) is 11.3 Å². The van der Waals surface area contributed by atoms with E-state index < -0.39 is 5.97 Å². The average Bonchev–Trinajstić information content (AvgIpc) is 3.19. The fraction of sp³-hybridized carbons (Fsp3) is 0.222. The Labute approximate surface area is 203 Å². The molecule has 3 heterocycles. The summed E-state index contributed by atoms with van der Waals surface area (Å²) in [4.78, 5) is 33.7. The lowest BCUT2D eigenvalue weighted by molar-refractivity contribution is -0.110. The Bertz CT molecular complexity index is 1300. The van der Waals surface area contributed by atoms with E-state index in [2.05, 4.69) is 44.6 Å². The number of carbonyl (C=O) groups excluding carboxylic acids is 1. The van der Waals surface area contributed by atoms with Crippen LogP contribution < -0.4 is 10.6 Å². The van der Waals surface area contributed by atoms with Gasteiger partial charge in [0.15, 0.2) is 0 Å². The number of likely N-dealkylation sites (N-methyl/N-ethyl adjacent to an activating group) is 1. The van der Waals surface area contributed by atoms with Gasteiger partial charge in [0.05, 0.1) is 16.8 Å². The first kappa shape index (κ1) is 22.8. The third-order valence-electron chi connectivity index (χ3n) is 6.41. The van der Waals surface area contributed by atoms with Gasteiger partial charge in [-0.3, -0.25) is 14.7 Å². The van der Waals surface area contributed by atoms with Crippen LogP contribution >= 0.6 is 0 Å².